The van der Waals surface area contributed by atoms with E-state index in [-0.39, 0.29) is 40.0 Å². The average Bonchev–Trinajstić information content (AvgIpc) is 3.25. The van der Waals surface area contributed by atoms with Crippen LogP contribution < -0.4 is 15.4 Å². The molecule has 1 amide bonds. The van der Waals surface area contributed by atoms with Gasteiger partial charge in [-0.25, -0.2) is 22.8 Å². The maximum atomic E-state index is 15.5. The van der Waals surface area contributed by atoms with E-state index < -0.39 is 15.8 Å². The summed E-state index contributed by atoms with van der Waals surface area (Å²) in [5.74, 6) is -0.551. The first-order valence-corrected chi connectivity index (χ1v) is 13.6. The first-order chi connectivity index (χ1) is 16.9. The molecule has 3 N–H and O–H groups in total. The smallest absolute Gasteiger partial charge is 0.229 e. The van der Waals surface area contributed by atoms with Gasteiger partial charge in [-0.1, -0.05) is 18.5 Å². The lowest BCUT2D eigenvalue weighted by Gasteiger charge is -2.14. The molecule has 0 saturated heterocycles. The lowest BCUT2D eigenvalue weighted by atomic mass is 10.0. The summed E-state index contributed by atoms with van der Waals surface area (Å²) >= 11 is 6.21. The van der Waals surface area contributed by atoms with Crippen LogP contribution in [0.5, 0.6) is 0 Å². The predicted molar refractivity (Wildman–Crippen MR) is 139 cm³/mol. The molecule has 2 aromatic heterocycles. The van der Waals surface area contributed by atoms with E-state index in [4.69, 9.17) is 11.6 Å². The molecule has 36 heavy (non-hydrogen) atoms. The van der Waals surface area contributed by atoms with Crippen molar-refractivity contribution >= 4 is 39.2 Å². The molecule has 3 aromatic rings. The molecule has 0 saturated carbocycles. The quantitative estimate of drug-likeness (QED) is 0.355. The Bertz CT molecular complexity index is 1360. The Balaban J connectivity index is 2.03. The monoisotopic (exact) mass is 537 g/mol. The summed E-state index contributed by atoms with van der Waals surface area (Å²) in [5.41, 5.74) is 0.961. The SMILES string of the molecule is CCC(=O)NC(C)CNc1nccc(-c2cn(C(C)C)nc2-c2cc(Cl)cc(NS(C)(=O)=O)c2F)n1. The van der Waals surface area contributed by atoms with Gasteiger partial charge < -0.3 is 10.6 Å². The van der Waals surface area contributed by atoms with Gasteiger partial charge >= 0.3 is 0 Å². The summed E-state index contributed by atoms with van der Waals surface area (Å²) in [6.45, 7) is 7.88. The third-order valence-corrected chi connectivity index (χ3v) is 5.88. The van der Waals surface area contributed by atoms with Crippen LogP contribution in [-0.4, -0.2) is 52.9 Å². The molecule has 0 fully saturated rings. The largest absolute Gasteiger partial charge is 0.352 e. The normalized spacial score (nSPS) is 12.4. The number of nitrogens with zero attached hydrogens (tertiary/aromatic N) is 4. The highest BCUT2D eigenvalue weighted by Gasteiger charge is 2.22. The van der Waals surface area contributed by atoms with Crippen LogP contribution in [0.25, 0.3) is 22.5 Å². The molecule has 0 aliphatic carbocycles. The van der Waals surface area contributed by atoms with Crippen LogP contribution in [0.3, 0.4) is 0 Å². The Morgan fingerprint density at radius 2 is 1.94 bits per heavy atom. The fourth-order valence-electron chi connectivity index (χ4n) is 3.34. The zero-order chi connectivity index (χ0) is 26.6. The van der Waals surface area contributed by atoms with Gasteiger partial charge in [-0.15, -0.1) is 0 Å². The number of aromatic nitrogens is 4. The van der Waals surface area contributed by atoms with Crippen molar-refractivity contribution in [1.29, 1.82) is 0 Å². The first kappa shape index (κ1) is 27.3. The molecule has 0 aliphatic rings. The van der Waals surface area contributed by atoms with Crippen LogP contribution >= 0.6 is 11.6 Å². The van der Waals surface area contributed by atoms with Gasteiger partial charge in [0.1, 0.15) is 5.69 Å². The number of amides is 1. The molecule has 1 unspecified atom stereocenters. The summed E-state index contributed by atoms with van der Waals surface area (Å²) in [7, 11) is -3.74. The van der Waals surface area contributed by atoms with Crippen molar-refractivity contribution < 1.29 is 17.6 Å². The van der Waals surface area contributed by atoms with E-state index in [1.54, 1.807) is 30.1 Å². The predicted octanol–water partition coefficient (Wildman–Crippen LogP) is 4.08. The molecule has 1 aromatic carbocycles. The van der Waals surface area contributed by atoms with Crippen LogP contribution in [0, 0.1) is 5.82 Å². The maximum Gasteiger partial charge on any atom is 0.229 e. The van der Waals surface area contributed by atoms with Crippen LogP contribution in [0.2, 0.25) is 5.02 Å². The van der Waals surface area contributed by atoms with E-state index in [1.807, 2.05) is 20.8 Å². The van der Waals surface area contributed by atoms with Gasteiger partial charge in [-0.2, -0.15) is 5.10 Å². The molecule has 2 heterocycles. The molecule has 0 radical (unpaired) electrons. The van der Waals surface area contributed by atoms with Crippen molar-refractivity contribution in [3.05, 3.63) is 41.4 Å². The molecule has 0 spiro atoms. The fraction of sp³-hybridized carbons (Fsp3) is 0.391. The van der Waals surface area contributed by atoms with Crippen molar-refractivity contribution in [2.45, 2.75) is 46.2 Å². The lowest BCUT2D eigenvalue weighted by molar-refractivity contribution is -0.121. The minimum Gasteiger partial charge on any atom is -0.352 e. The second kappa shape index (κ2) is 11.2. The number of hydrogen-bond donors (Lipinski definition) is 3. The number of carbonyl (C=O) groups excluding carboxylic acids is 1. The van der Waals surface area contributed by atoms with Crippen molar-refractivity contribution in [1.82, 2.24) is 25.1 Å². The third kappa shape index (κ3) is 6.91. The maximum absolute atomic E-state index is 15.5. The molecule has 13 heteroatoms. The number of anilines is 2. The molecular weight excluding hydrogens is 509 g/mol. The van der Waals surface area contributed by atoms with E-state index in [0.717, 1.165) is 6.26 Å². The van der Waals surface area contributed by atoms with Gasteiger partial charge in [0, 0.05) is 53.6 Å². The molecule has 0 aliphatic heterocycles. The zero-order valence-electron chi connectivity index (χ0n) is 20.6. The number of halogens is 2. The number of sulfonamides is 1. The Morgan fingerprint density at radius 1 is 1.22 bits per heavy atom. The van der Waals surface area contributed by atoms with Crippen LogP contribution in [0.4, 0.5) is 16.0 Å². The molecule has 194 valence electrons. The summed E-state index contributed by atoms with van der Waals surface area (Å²) in [6.07, 6.45) is 4.61. The van der Waals surface area contributed by atoms with Gasteiger partial charge in [-0.05, 0) is 39.0 Å². The molecule has 1 atom stereocenters. The van der Waals surface area contributed by atoms with Crippen molar-refractivity contribution in [3.63, 3.8) is 0 Å². The Labute approximate surface area is 214 Å². The van der Waals surface area contributed by atoms with Crippen LogP contribution in [-0.2, 0) is 14.8 Å². The average molecular weight is 538 g/mol. The summed E-state index contributed by atoms with van der Waals surface area (Å²) in [4.78, 5) is 20.4. The minimum atomic E-state index is -3.74. The summed E-state index contributed by atoms with van der Waals surface area (Å²) in [6, 6.07) is 4.06. The number of rotatable bonds is 10. The highest BCUT2D eigenvalue weighted by Crippen LogP contribution is 2.37. The zero-order valence-corrected chi connectivity index (χ0v) is 22.2. The highest BCUT2D eigenvalue weighted by molar-refractivity contribution is 7.92. The van der Waals surface area contributed by atoms with E-state index >= 15 is 4.39 Å². The molecule has 10 nitrogen and oxygen atoms in total. The van der Waals surface area contributed by atoms with Gasteiger partial charge in [0.05, 0.1) is 17.6 Å². The molecule has 0 bridgehead atoms. The fourth-order valence-corrected chi connectivity index (χ4v) is 4.11. The standard InChI is InChI=1S/C23H29ClFN7O3S/c1-6-20(33)28-14(4)11-27-23-26-8-7-18(29-23)17-12-32(13(2)3)30-22(17)16-9-15(24)10-19(21(16)25)31-36(5,34)35/h7-10,12-14,31H,6,11H2,1-5H3,(H,28,33)(H,26,27,29). The van der Waals surface area contributed by atoms with E-state index in [2.05, 4.69) is 30.4 Å². The van der Waals surface area contributed by atoms with E-state index in [0.29, 0.717) is 30.2 Å². The van der Waals surface area contributed by atoms with Crippen molar-refractivity contribution in [3.8, 4) is 22.5 Å². The van der Waals surface area contributed by atoms with Gasteiger partial charge in [0.15, 0.2) is 5.82 Å². The number of carbonyl (C=O) groups is 1. The molecular formula is C23H29ClFN7O3S. The van der Waals surface area contributed by atoms with Gasteiger partial charge in [0.25, 0.3) is 0 Å². The minimum absolute atomic E-state index is 0.0204. The number of hydrogen-bond acceptors (Lipinski definition) is 7. The lowest BCUT2D eigenvalue weighted by Crippen LogP contribution is -2.37. The summed E-state index contributed by atoms with van der Waals surface area (Å²) in [5, 5.41) is 10.6. The van der Waals surface area contributed by atoms with Crippen LogP contribution in [0.1, 0.15) is 40.2 Å². The van der Waals surface area contributed by atoms with Crippen molar-refractivity contribution in [2.24, 2.45) is 0 Å². The van der Waals surface area contributed by atoms with Gasteiger partial charge in [-0.3, -0.25) is 14.2 Å². The van der Waals surface area contributed by atoms with Gasteiger partial charge in [0.2, 0.25) is 21.9 Å². The van der Waals surface area contributed by atoms with Crippen molar-refractivity contribution in [2.75, 3.05) is 22.8 Å². The second-order valence-electron chi connectivity index (χ2n) is 8.62. The molecule has 3 rings (SSSR count). The number of nitrogens with one attached hydrogen (secondary N) is 3. The Morgan fingerprint density at radius 3 is 2.58 bits per heavy atom. The Hall–Kier alpha value is -3.25. The van der Waals surface area contributed by atoms with Crippen LogP contribution in [0.15, 0.2) is 30.6 Å². The van der Waals surface area contributed by atoms with E-state index in [9.17, 15) is 13.2 Å². The first-order valence-electron chi connectivity index (χ1n) is 11.3. The topological polar surface area (TPSA) is 131 Å². The van der Waals surface area contributed by atoms with E-state index in [1.165, 1.54) is 12.1 Å². The second-order valence-corrected chi connectivity index (χ2v) is 10.8. The highest BCUT2D eigenvalue weighted by atomic mass is 35.5. The number of benzene rings is 1. The Kier molecular flexibility index (Phi) is 8.51. The summed E-state index contributed by atoms with van der Waals surface area (Å²) < 4.78 is 42.8. The third-order valence-electron chi connectivity index (χ3n) is 5.08.